The SMILES string of the molecule is CSCCNS(=O)(=O)c1ccc(NNC(=S)N2CCCC2C(=O)NC(c2ccccc2)c2ccccc2)c([N+](=O)[O-])c1. The first-order valence-corrected chi connectivity index (χ1v) is 16.5. The lowest BCUT2D eigenvalue weighted by Crippen LogP contribution is -2.51. The molecule has 1 amide bonds. The number of hydrogen-bond acceptors (Lipinski definition) is 8. The maximum atomic E-state index is 13.5. The summed E-state index contributed by atoms with van der Waals surface area (Å²) < 4.78 is 27.5. The Morgan fingerprint density at radius 2 is 1.74 bits per heavy atom. The molecule has 1 atom stereocenters. The van der Waals surface area contributed by atoms with Crippen molar-refractivity contribution in [3.63, 3.8) is 0 Å². The van der Waals surface area contributed by atoms with Crippen LogP contribution in [-0.4, -0.2) is 60.4 Å². The van der Waals surface area contributed by atoms with Gasteiger partial charge in [-0.25, -0.2) is 13.1 Å². The second-order valence-electron chi connectivity index (χ2n) is 9.50. The number of nitrogens with one attached hydrogen (secondary N) is 4. The van der Waals surface area contributed by atoms with Crippen LogP contribution in [0.25, 0.3) is 0 Å². The third-order valence-corrected chi connectivity index (χ3v) is 9.15. The van der Waals surface area contributed by atoms with E-state index in [4.69, 9.17) is 12.2 Å². The van der Waals surface area contributed by atoms with Gasteiger partial charge in [0.1, 0.15) is 11.7 Å². The first kappa shape index (κ1) is 31.2. The van der Waals surface area contributed by atoms with Crippen molar-refractivity contribution in [2.24, 2.45) is 0 Å². The molecule has 0 aromatic heterocycles. The molecule has 4 N–H and O–H groups in total. The van der Waals surface area contributed by atoms with Crippen molar-refractivity contribution >= 4 is 56.4 Å². The number of thioether (sulfide) groups is 1. The summed E-state index contributed by atoms with van der Waals surface area (Å²) in [5.74, 6) is 0.376. The number of rotatable bonds is 12. The summed E-state index contributed by atoms with van der Waals surface area (Å²) in [5.41, 5.74) is 7.00. The second kappa shape index (κ2) is 14.4. The standard InChI is InChI=1S/C28H32N6O5S3/c1-41-18-16-29-42(38,39)22-14-15-23(25(19-22)34(36)37)31-32-28(40)33-17-8-13-24(33)27(35)30-26(20-9-4-2-5-10-20)21-11-6-3-7-12-21/h2-7,9-12,14-15,19,24,26,29,31H,8,13,16-18H2,1H3,(H,30,35)(H,32,40). The molecule has 14 heteroatoms. The van der Waals surface area contributed by atoms with Gasteiger partial charge in [0.2, 0.25) is 15.9 Å². The molecule has 0 spiro atoms. The fourth-order valence-corrected chi connectivity index (χ4v) is 6.42. The molecule has 11 nitrogen and oxygen atoms in total. The topological polar surface area (TPSA) is 146 Å². The number of anilines is 1. The van der Waals surface area contributed by atoms with Crippen LogP contribution < -0.4 is 20.9 Å². The third-order valence-electron chi connectivity index (χ3n) is 6.75. The molecule has 0 aliphatic carbocycles. The quantitative estimate of drug-likeness (QED) is 0.101. The maximum absolute atomic E-state index is 13.5. The van der Waals surface area contributed by atoms with Crippen LogP contribution >= 0.6 is 24.0 Å². The number of benzene rings is 3. The average Bonchev–Trinajstić information content (AvgIpc) is 3.50. The molecular weight excluding hydrogens is 597 g/mol. The van der Waals surface area contributed by atoms with Gasteiger partial charge >= 0.3 is 0 Å². The van der Waals surface area contributed by atoms with E-state index in [1.165, 1.54) is 23.9 Å². The molecule has 1 heterocycles. The number of sulfonamides is 1. The average molecular weight is 629 g/mol. The zero-order valence-corrected chi connectivity index (χ0v) is 25.3. The van der Waals surface area contributed by atoms with Crippen LogP contribution in [0.4, 0.5) is 11.4 Å². The van der Waals surface area contributed by atoms with Crippen molar-refractivity contribution in [3.8, 4) is 0 Å². The number of hydrogen-bond donors (Lipinski definition) is 4. The van der Waals surface area contributed by atoms with Crippen molar-refractivity contribution in [2.75, 3.05) is 30.5 Å². The number of nitro groups is 1. The van der Waals surface area contributed by atoms with Gasteiger partial charge in [-0.1, -0.05) is 60.7 Å². The summed E-state index contributed by atoms with van der Waals surface area (Å²) in [6.45, 7) is 0.725. The number of likely N-dealkylation sites (tertiary alicyclic amines) is 1. The minimum Gasteiger partial charge on any atom is -0.343 e. The highest BCUT2D eigenvalue weighted by Crippen LogP contribution is 2.28. The van der Waals surface area contributed by atoms with Gasteiger partial charge in [0.25, 0.3) is 5.69 Å². The number of carbonyl (C=O) groups is 1. The number of carbonyl (C=O) groups excluding carboxylic acids is 1. The van der Waals surface area contributed by atoms with Gasteiger partial charge in [-0.2, -0.15) is 11.8 Å². The van der Waals surface area contributed by atoms with Crippen LogP contribution in [0, 0.1) is 10.1 Å². The molecule has 3 aromatic rings. The van der Waals surface area contributed by atoms with Crippen molar-refractivity contribution in [1.82, 2.24) is 20.4 Å². The Hall–Kier alpha value is -3.72. The van der Waals surface area contributed by atoms with E-state index in [0.717, 1.165) is 23.6 Å². The Kier molecular flexibility index (Phi) is 10.7. The van der Waals surface area contributed by atoms with Crippen LogP contribution in [0.15, 0.2) is 83.8 Å². The highest BCUT2D eigenvalue weighted by molar-refractivity contribution is 7.98. The van der Waals surface area contributed by atoms with Gasteiger partial charge in [-0.3, -0.25) is 25.8 Å². The zero-order valence-electron chi connectivity index (χ0n) is 22.9. The summed E-state index contributed by atoms with van der Waals surface area (Å²) in [6.07, 6.45) is 3.16. The van der Waals surface area contributed by atoms with Crippen LogP contribution in [0.5, 0.6) is 0 Å². The molecule has 4 rings (SSSR count). The van der Waals surface area contributed by atoms with Crippen molar-refractivity contribution < 1.29 is 18.1 Å². The largest absolute Gasteiger partial charge is 0.343 e. The molecule has 1 aliphatic rings. The highest BCUT2D eigenvalue weighted by Gasteiger charge is 2.34. The van der Waals surface area contributed by atoms with Gasteiger partial charge in [-0.15, -0.1) is 0 Å². The third kappa shape index (κ3) is 7.76. The fourth-order valence-electron chi connectivity index (χ4n) is 4.66. The Labute approximate surface area is 254 Å². The Morgan fingerprint density at radius 1 is 1.10 bits per heavy atom. The van der Waals surface area contributed by atoms with Gasteiger partial charge in [-0.05, 0) is 54.6 Å². The predicted molar refractivity (Wildman–Crippen MR) is 169 cm³/mol. The fraction of sp³-hybridized carbons (Fsp3) is 0.286. The van der Waals surface area contributed by atoms with E-state index < -0.39 is 26.7 Å². The normalized spacial score (nSPS) is 14.9. The first-order chi connectivity index (χ1) is 20.2. The lowest BCUT2D eigenvalue weighted by atomic mass is 9.98. The maximum Gasteiger partial charge on any atom is 0.295 e. The van der Waals surface area contributed by atoms with Crippen LogP contribution in [-0.2, 0) is 14.8 Å². The molecule has 3 aromatic carbocycles. The number of hydrazine groups is 1. The number of nitrogens with zero attached hydrogens (tertiary/aromatic N) is 2. The number of thiocarbonyl (C=S) groups is 1. The van der Waals surface area contributed by atoms with Crippen LogP contribution in [0.1, 0.15) is 30.0 Å². The van der Waals surface area contributed by atoms with Gasteiger partial charge < -0.3 is 10.2 Å². The molecule has 222 valence electrons. The van der Waals surface area contributed by atoms with Gasteiger partial charge in [0, 0.05) is 24.9 Å². The predicted octanol–water partition coefficient (Wildman–Crippen LogP) is 3.81. The highest BCUT2D eigenvalue weighted by atomic mass is 32.2. The smallest absolute Gasteiger partial charge is 0.295 e. The zero-order chi connectivity index (χ0) is 30.1. The lowest BCUT2D eigenvalue weighted by molar-refractivity contribution is -0.384. The minimum atomic E-state index is -3.91. The molecule has 1 aliphatic heterocycles. The van der Waals surface area contributed by atoms with E-state index in [1.807, 2.05) is 66.9 Å². The Bertz CT molecular complexity index is 1470. The summed E-state index contributed by atoms with van der Waals surface area (Å²) in [5, 5.41) is 15.1. The Balaban J connectivity index is 1.45. The van der Waals surface area contributed by atoms with E-state index in [0.29, 0.717) is 18.7 Å². The molecule has 1 unspecified atom stereocenters. The van der Waals surface area contributed by atoms with Gasteiger partial charge in [0.15, 0.2) is 5.11 Å². The van der Waals surface area contributed by atoms with E-state index in [2.05, 4.69) is 20.9 Å². The molecule has 0 saturated carbocycles. The summed E-state index contributed by atoms with van der Waals surface area (Å²) in [6, 6.07) is 22.1. The van der Waals surface area contributed by atoms with Crippen molar-refractivity contribution in [3.05, 3.63) is 100 Å². The Morgan fingerprint density at radius 3 is 2.33 bits per heavy atom. The van der Waals surface area contributed by atoms with Crippen LogP contribution in [0.3, 0.4) is 0 Å². The van der Waals surface area contributed by atoms with Crippen LogP contribution in [0.2, 0.25) is 0 Å². The summed E-state index contributed by atoms with van der Waals surface area (Å²) in [4.78, 5) is 26.2. The molecular formula is C28H32N6O5S3. The minimum absolute atomic E-state index is 0.0267. The molecule has 1 saturated heterocycles. The summed E-state index contributed by atoms with van der Waals surface area (Å²) in [7, 11) is -3.91. The monoisotopic (exact) mass is 628 g/mol. The lowest BCUT2D eigenvalue weighted by Gasteiger charge is -2.29. The van der Waals surface area contributed by atoms with Crippen molar-refractivity contribution in [1.29, 1.82) is 0 Å². The molecule has 42 heavy (non-hydrogen) atoms. The van der Waals surface area contributed by atoms with E-state index in [9.17, 15) is 23.3 Å². The second-order valence-corrected chi connectivity index (χ2v) is 12.6. The molecule has 1 fully saturated rings. The number of nitro benzene ring substituents is 1. The number of amides is 1. The summed E-state index contributed by atoms with van der Waals surface area (Å²) >= 11 is 7.03. The molecule has 0 radical (unpaired) electrons. The van der Waals surface area contributed by atoms with E-state index in [1.54, 1.807) is 4.90 Å². The van der Waals surface area contributed by atoms with E-state index in [-0.39, 0.29) is 34.2 Å². The van der Waals surface area contributed by atoms with Crippen molar-refractivity contribution in [2.45, 2.75) is 29.8 Å². The van der Waals surface area contributed by atoms with E-state index >= 15 is 0 Å². The van der Waals surface area contributed by atoms with Gasteiger partial charge in [0.05, 0.1) is 15.9 Å². The molecule has 0 bridgehead atoms. The first-order valence-electron chi connectivity index (χ1n) is 13.2.